The van der Waals surface area contributed by atoms with Crippen molar-refractivity contribution in [2.45, 2.75) is 70.8 Å². The van der Waals surface area contributed by atoms with Crippen LogP contribution in [0.25, 0.3) is 5.57 Å². The number of carbonyl (C=O) groups excluding carboxylic acids is 1. The lowest BCUT2D eigenvalue weighted by molar-refractivity contribution is -0.155. The Morgan fingerprint density at radius 2 is 1.79 bits per heavy atom. The molecule has 0 spiro atoms. The van der Waals surface area contributed by atoms with E-state index in [1.165, 1.54) is 4.90 Å². The fraction of sp³-hybridized carbons (Fsp3) is 0.516. The summed E-state index contributed by atoms with van der Waals surface area (Å²) in [4.78, 5) is 14.9. The van der Waals surface area contributed by atoms with Crippen LogP contribution in [0.2, 0.25) is 0 Å². The minimum Gasteiger partial charge on any atom is -0.489 e. The number of rotatable bonds is 9. The summed E-state index contributed by atoms with van der Waals surface area (Å²) in [5, 5.41) is 0. The molecule has 0 radical (unpaired) electrons. The lowest BCUT2D eigenvalue weighted by atomic mass is 9.84. The smallest absolute Gasteiger partial charge is 0.410 e. The minimum absolute atomic E-state index is 0.0375. The summed E-state index contributed by atoms with van der Waals surface area (Å²) in [5.74, 6) is -2.44. The third-order valence-corrected chi connectivity index (χ3v) is 7.40. The van der Waals surface area contributed by atoms with Crippen molar-refractivity contribution in [3.8, 4) is 5.75 Å². The molecule has 2 atom stereocenters. The van der Waals surface area contributed by atoms with Gasteiger partial charge in [0.15, 0.2) is 11.6 Å². The van der Waals surface area contributed by atoms with Gasteiger partial charge in [0.1, 0.15) is 18.0 Å². The molecule has 1 amide bonds. The summed E-state index contributed by atoms with van der Waals surface area (Å²) < 4.78 is 96.6. The van der Waals surface area contributed by atoms with E-state index in [2.05, 4.69) is 0 Å². The number of amides is 1. The second kappa shape index (κ2) is 12.6. The van der Waals surface area contributed by atoms with Gasteiger partial charge in [0.25, 0.3) is 0 Å². The van der Waals surface area contributed by atoms with Crippen LogP contribution in [-0.4, -0.2) is 66.6 Å². The van der Waals surface area contributed by atoms with Gasteiger partial charge in [0.2, 0.25) is 0 Å². The Hall–Kier alpha value is -3.21. The Bertz CT molecular complexity index is 1320. The first-order chi connectivity index (χ1) is 19.7. The molecule has 11 heteroatoms. The molecule has 0 fully saturated rings. The molecule has 2 aromatic rings. The van der Waals surface area contributed by atoms with Crippen LogP contribution in [0.5, 0.6) is 5.75 Å². The normalized spacial score (nSPS) is 19.0. The van der Waals surface area contributed by atoms with Crippen LogP contribution in [0.1, 0.15) is 63.3 Å². The molecule has 2 aliphatic rings. The number of fused-ring (bicyclic) bond motifs is 2. The van der Waals surface area contributed by atoms with E-state index in [1.54, 1.807) is 27.7 Å². The average Bonchev–Trinajstić information content (AvgIpc) is 3.25. The molecular weight excluding hydrogens is 562 g/mol. The van der Waals surface area contributed by atoms with Gasteiger partial charge in [-0.1, -0.05) is 24.3 Å². The zero-order valence-corrected chi connectivity index (χ0v) is 24.2. The predicted molar refractivity (Wildman–Crippen MR) is 147 cm³/mol. The molecule has 0 aromatic heterocycles. The van der Waals surface area contributed by atoms with Gasteiger partial charge in [-0.05, 0) is 81.4 Å². The minimum atomic E-state index is -4.60. The van der Waals surface area contributed by atoms with Crippen molar-refractivity contribution in [2.75, 3.05) is 32.9 Å². The highest BCUT2D eigenvalue weighted by Gasteiger charge is 2.45. The van der Waals surface area contributed by atoms with Crippen molar-refractivity contribution in [2.24, 2.45) is 0 Å². The van der Waals surface area contributed by atoms with E-state index >= 15 is 8.78 Å². The van der Waals surface area contributed by atoms with Gasteiger partial charge >= 0.3 is 12.3 Å². The molecule has 42 heavy (non-hydrogen) atoms. The van der Waals surface area contributed by atoms with E-state index in [0.717, 1.165) is 33.7 Å². The first-order valence-electron chi connectivity index (χ1n) is 14.0. The Morgan fingerprint density at radius 1 is 1.07 bits per heavy atom. The third kappa shape index (κ3) is 7.22. The lowest BCUT2D eigenvalue weighted by Crippen LogP contribution is -2.46. The zero-order chi connectivity index (χ0) is 30.8. The van der Waals surface area contributed by atoms with Crippen molar-refractivity contribution < 1.29 is 40.6 Å². The second-order valence-electron chi connectivity index (χ2n) is 11.7. The highest BCUT2D eigenvalue weighted by molar-refractivity contribution is 5.79. The van der Waals surface area contributed by atoms with E-state index in [0.29, 0.717) is 12.0 Å². The van der Waals surface area contributed by atoms with Crippen LogP contribution in [0.15, 0.2) is 42.0 Å². The first-order valence-corrected chi connectivity index (χ1v) is 14.0. The van der Waals surface area contributed by atoms with E-state index in [1.807, 2.05) is 24.3 Å². The number of carbonyl (C=O) groups is 1. The molecule has 0 saturated carbocycles. The number of hydrogen-bond donors (Lipinski definition) is 0. The van der Waals surface area contributed by atoms with Gasteiger partial charge in [-0.2, -0.15) is 13.2 Å². The lowest BCUT2D eigenvalue weighted by Gasteiger charge is -2.42. The molecule has 1 aliphatic carbocycles. The Morgan fingerprint density at radius 3 is 2.45 bits per heavy atom. The number of nitrogens with zero attached hydrogens (tertiary/aromatic N) is 2. The van der Waals surface area contributed by atoms with Gasteiger partial charge in [0, 0.05) is 18.2 Å². The van der Waals surface area contributed by atoms with Gasteiger partial charge in [-0.3, -0.25) is 9.29 Å². The molecule has 0 bridgehead atoms. The van der Waals surface area contributed by atoms with E-state index < -0.39 is 60.4 Å². The van der Waals surface area contributed by atoms with E-state index in [9.17, 15) is 22.4 Å². The second-order valence-corrected chi connectivity index (χ2v) is 11.7. The van der Waals surface area contributed by atoms with Crippen molar-refractivity contribution in [1.29, 1.82) is 0 Å². The van der Waals surface area contributed by atoms with Crippen LogP contribution in [0.4, 0.5) is 31.1 Å². The fourth-order valence-corrected chi connectivity index (χ4v) is 5.67. The summed E-state index contributed by atoms with van der Waals surface area (Å²) in [5.41, 5.74) is 1.84. The van der Waals surface area contributed by atoms with Gasteiger partial charge < -0.3 is 14.4 Å². The van der Waals surface area contributed by atoms with Crippen molar-refractivity contribution >= 4 is 11.7 Å². The van der Waals surface area contributed by atoms with Gasteiger partial charge in [-0.25, -0.2) is 13.6 Å². The van der Waals surface area contributed by atoms with Gasteiger partial charge in [-0.15, -0.1) is 0 Å². The summed E-state index contributed by atoms with van der Waals surface area (Å²) in [6.45, 7) is 4.40. The standard InChI is InChI=1S/C31H36F6N2O3/c1-19-16-22-21-9-6-5-8-20(21)17-23(22)28(39(19)18-31(35,36)37)26-24(33)10-11-25(27(26)34)41-15-14-38(13-7-12-32)29(40)42-30(2,3)4/h5-6,8-11,19,28H,7,12-18H2,1-4H3/t19-,28+/m1/s1. The van der Waals surface area contributed by atoms with Crippen molar-refractivity contribution in [3.63, 3.8) is 0 Å². The number of benzene rings is 2. The maximum Gasteiger partial charge on any atom is 0.410 e. The number of halogens is 6. The van der Waals surface area contributed by atoms with E-state index in [4.69, 9.17) is 9.47 Å². The van der Waals surface area contributed by atoms with Crippen LogP contribution < -0.4 is 4.74 Å². The fourth-order valence-electron chi connectivity index (χ4n) is 5.67. The van der Waals surface area contributed by atoms with Crippen molar-refractivity contribution in [1.82, 2.24) is 9.80 Å². The summed E-state index contributed by atoms with van der Waals surface area (Å²) in [6, 6.07) is 7.52. The molecule has 0 N–H and O–H groups in total. The molecule has 1 heterocycles. The summed E-state index contributed by atoms with van der Waals surface area (Å²) in [7, 11) is 0. The average molecular weight is 599 g/mol. The van der Waals surface area contributed by atoms with Crippen LogP contribution in [-0.2, 0) is 11.2 Å². The molecular formula is C31H36F6N2O3. The maximum absolute atomic E-state index is 16.1. The van der Waals surface area contributed by atoms with Crippen LogP contribution >= 0.6 is 0 Å². The quantitative estimate of drug-likeness (QED) is 0.278. The monoisotopic (exact) mass is 598 g/mol. The molecule has 230 valence electrons. The highest BCUT2D eigenvalue weighted by atomic mass is 19.4. The van der Waals surface area contributed by atoms with Crippen LogP contribution in [0, 0.1) is 11.6 Å². The molecule has 0 unspecified atom stereocenters. The van der Waals surface area contributed by atoms with Crippen LogP contribution in [0.3, 0.4) is 0 Å². The third-order valence-electron chi connectivity index (χ3n) is 7.40. The molecule has 2 aromatic carbocycles. The first kappa shape index (κ1) is 31.7. The largest absolute Gasteiger partial charge is 0.489 e. The van der Waals surface area contributed by atoms with Crippen molar-refractivity contribution in [3.05, 3.63) is 70.3 Å². The SMILES string of the molecule is C[C@@H]1CC2=C(Cc3ccccc32)[C@@H](c2c(F)ccc(OCCN(CCCF)C(=O)OC(C)(C)C)c2F)N1CC(F)(F)F. The Kier molecular flexibility index (Phi) is 9.49. The van der Waals surface area contributed by atoms with Gasteiger partial charge in [0.05, 0.1) is 25.8 Å². The molecule has 1 aliphatic heterocycles. The highest BCUT2D eigenvalue weighted by Crippen LogP contribution is 2.50. The Labute approximate surface area is 242 Å². The topological polar surface area (TPSA) is 42.0 Å². The summed E-state index contributed by atoms with van der Waals surface area (Å²) >= 11 is 0. The number of alkyl halides is 4. The van der Waals surface area contributed by atoms with E-state index in [-0.39, 0.29) is 38.3 Å². The molecule has 0 saturated heterocycles. The predicted octanol–water partition coefficient (Wildman–Crippen LogP) is 7.65. The maximum atomic E-state index is 16.1. The number of hydrogen-bond acceptors (Lipinski definition) is 4. The Balaban J connectivity index is 1.65. The zero-order valence-electron chi connectivity index (χ0n) is 24.2. The summed E-state index contributed by atoms with van der Waals surface area (Å²) in [6.07, 6.45) is -4.64. The molecule has 4 rings (SSSR count). The number of ether oxygens (including phenoxy) is 2. The molecule has 5 nitrogen and oxygen atoms in total.